The third kappa shape index (κ3) is 16.3. The topological polar surface area (TPSA) is 210 Å². The molecule has 4 unspecified atom stereocenters. The van der Waals surface area contributed by atoms with Crippen molar-refractivity contribution in [2.24, 2.45) is 46.3 Å². The zero-order chi connectivity index (χ0) is 65.1. The SMILES string of the molecule is CC(F)(F)C(=O)OC12CC3CC(C1)C(=O)C(C3)C2.CC(F)(F)C(=O)OC12CC3CC(C1)C1(OCC(CO)(CO)CO1)C(C3)C2.OCC(CO)(CO)CO.c1ccc([S+](c2ccccc2)c2ccccc2)cc1.c1ccc([S+](c2ccccc2)c2ccccc2)cc1. The molecule has 0 radical (unpaired) electrons. The number of aliphatic hydroxyl groups is 6. The molecule has 488 valence electrons. The maximum absolute atomic E-state index is 13.3. The number of carbonyl (C=O) groups excluding carboxylic acids is 3. The summed E-state index contributed by atoms with van der Waals surface area (Å²) in [6.45, 7) is -0.584. The summed E-state index contributed by atoms with van der Waals surface area (Å²) in [4.78, 5) is 43.2. The van der Waals surface area contributed by atoms with Crippen molar-refractivity contribution in [3.8, 4) is 0 Å². The van der Waals surface area contributed by atoms with Crippen LogP contribution in [-0.4, -0.2) is 130 Å². The molecule has 13 nitrogen and oxygen atoms in total. The minimum atomic E-state index is -3.50. The Kier molecular flexibility index (Phi) is 22.8. The second-order valence-corrected chi connectivity index (χ2v) is 29.8. The van der Waals surface area contributed by atoms with Gasteiger partial charge in [-0.15, -0.1) is 0 Å². The molecule has 1 saturated heterocycles. The summed E-state index contributed by atoms with van der Waals surface area (Å²) in [5.41, 5.74) is -3.57. The zero-order valence-electron chi connectivity index (χ0n) is 51.4. The van der Waals surface area contributed by atoms with Gasteiger partial charge in [0.05, 0.1) is 85.5 Å². The molecule has 91 heavy (non-hydrogen) atoms. The van der Waals surface area contributed by atoms with Crippen molar-refractivity contribution in [3.63, 3.8) is 0 Å². The Morgan fingerprint density at radius 3 is 0.978 bits per heavy atom. The van der Waals surface area contributed by atoms with Crippen LogP contribution in [0.4, 0.5) is 17.6 Å². The summed E-state index contributed by atoms with van der Waals surface area (Å²) in [7, 11) is -0.0293. The number of aliphatic hydroxyl groups excluding tert-OH is 6. The first-order valence-corrected chi connectivity index (χ1v) is 33.5. The van der Waals surface area contributed by atoms with Crippen LogP contribution in [0.2, 0.25) is 0 Å². The Hall–Kier alpha value is -5.97. The molecule has 9 fully saturated rings. The molecule has 0 aromatic heterocycles. The molecular formula is C72H84F4O13S2+2. The molecule has 8 aliphatic carbocycles. The molecule has 6 aromatic carbocycles. The predicted molar refractivity (Wildman–Crippen MR) is 336 cm³/mol. The quantitative estimate of drug-likeness (QED) is 0.0303. The number of Topliss-reactive ketones (excluding diaryl/α,β-unsaturated/α-hetero) is 1. The molecule has 0 amide bonds. The average molecular weight is 1300 g/mol. The number of alkyl halides is 4. The molecule has 9 aliphatic rings. The standard InChI is InChI=1S/C18H26F2O6.2C18H15S.C13H16F2O3.C5H12O4/c1-15(19,20)14(23)26-17-4-11-2-12(5-17)18(13(3-11)6-17)24-9-16(7-21,8-22)10-25-18;2*1-4-10-16(11-5-1)19(17-12-6-2-7-13-17)18-14-8-3-9-15-18;1-12(14,15)11(17)18-13-4-7-2-8(5-13)10(16)9(3-7)6-13;6-1-5(2-7,3-8)4-9/h11-13,21-22H,2-10H2,1H3;2*1-15H;7-9H,2-6H2,1H3;6-9H,1-4H2/q;2*+1;;. The van der Waals surface area contributed by atoms with Crippen LogP contribution in [0.1, 0.15) is 78.1 Å². The highest BCUT2D eigenvalue weighted by Crippen LogP contribution is 2.64. The Morgan fingerprint density at radius 2 is 0.725 bits per heavy atom. The van der Waals surface area contributed by atoms with Gasteiger partial charge in [-0.25, -0.2) is 9.59 Å². The highest BCUT2D eigenvalue weighted by molar-refractivity contribution is 7.97. The van der Waals surface area contributed by atoms with Gasteiger partial charge in [0.2, 0.25) is 0 Å². The number of benzene rings is 6. The van der Waals surface area contributed by atoms with E-state index in [0.29, 0.717) is 64.2 Å². The summed E-state index contributed by atoms with van der Waals surface area (Å²) in [5.74, 6) is -9.99. The number of ether oxygens (including phenoxy) is 4. The molecular weight excluding hydrogens is 1210 g/mol. The van der Waals surface area contributed by atoms with E-state index in [1.165, 1.54) is 29.4 Å². The lowest BCUT2D eigenvalue weighted by molar-refractivity contribution is -0.397. The van der Waals surface area contributed by atoms with E-state index in [4.69, 9.17) is 39.4 Å². The number of halogens is 4. The van der Waals surface area contributed by atoms with E-state index in [1.807, 2.05) is 0 Å². The lowest BCUT2D eigenvalue weighted by Gasteiger charge is -2.65. The van der Waals surface area contributed by atoms with Crippen molar-refractivity contribution in [2.45, 2.75) is 136 Å². The third-order valence-electron chi connectivity index (χ3n) is 18.6. The molecule has 1 aliphatic heterocycles. The molecule has 8 bridgehead atoms. The van der Waals surface area contributed by atoms with Crippen molar-refractivity contribution in [1.29, 1.82) is 0 Å². The maximum Gasteiger partial charge on any atom is 0.377 e. The molecule has 8 saturated carbocycles. The number of hydrogen-bond donors (Lipinski definition) is 6. The van der Waals surface area contributed by atoms with Gasteiger partial charge in [-0.1, -0.05) is 109 Å². The Morgan fingerprint density at radius 1 is 0.451 bits per heavy atom. The first kappa shape index (κ1) is 69.4. The van der Waals surface area contributed by atoms with Crippen molar-refractivity contribution >= 4 is 39.5 Å². The van der Waals surface area contributed by atoms with Gasteiger partial charge in [0.1, 0.15) is 17.0 Å². The summed E-state index contributed by atoms with van der Waals surface area (Å²) < 4.78 is 75.3. The van der Waals surface area contributed by atoms with Crippen molar-refractivity contribution < 1.29 is 81.5 Å². The van der Waals surface area contributed by atoms with Crippen molar-refractivity contribution in [3.05, 3.63) is 182 Å². The van der Waals surface area contributed by atoms with Crippen LogP contribution in [-0.2, 0) is 55.1 Å². The summed E-state index contributed by atoms with van der Waals surface area (Å²) in [5, 5.41) is 53.1. The molecule has 6 aromatic rings. The van der Waals surface area contributed by atoms with Gasteiger partial charge in [0.15, 0.2) is 35.2 Å². The Bertz CT molecular complexity index is 2900. The van der Waals surface area contributed by atoms with Gasteiger partial charge in [-0.2, -0.15) is 17.6 Å². The fourth-order valence-corrected chi connectivity index (χ4v) is 18.3. The van der Waals surface area contributed by atoms with E-state index in [9.17, 15) is 42.2 Å². The first-order chi connectivity index (χ1) is 43.6. The van der Waals surface area contributed by atoms with Gasteiger partial charge >= 0.3 is 23.8 Å². The van der Waals surface area contributed by atoms with Crippen molar-refractivity contribution in [2.75, 3.05) is 52.9 Å². The zero-order valence-corrected chi connectivity index (χ0v) is 53.0. The average Bonchev–Trinajstić information content (AvgIpc) is 0.713. The first-order valence-electron chi connectivity index (χ1n) is 31.1. The minimum absolute atomic E-state index is 0.0146. The van der Waals surface area contributed by atoms with E-state index in [0.717, 1.165) is 25.7 Å². The Balaban J connectivity index is 0.000000139. The monoisotopic (exact) mass is 1300 g/mol. The normalized spacial score (nSPS) is 25.4. The van der Waals surface area contributed by atoms with E-state index >= 15 is 0 Å². The highest BCUT2D eigenvalue weighted by atomic mass is 32.2. The van der Waals surface area contributed by atoms with Gasteiger partial charge in [0.25, 0.3) is 0 Å². The lowest BCUT2D eigenvalue weighted by Crippen LogP contribution is -2.69. The number of carbonyl (C=O) groups is 3. The predicted octanol–water partition coefficient (Wildman–Crippen LogP) is 11.3. The third-order valence-corrected chi connectivity index (χ3v) is 23.1. The van der Waals surface area contributed by atoms with Gasteiger partial charge < -0.3 is 49.6 Å². The van der Waals surface area contributed by atoms with Crippen LogP contribution in [0, 0.1) is 46.3 Å². The van der Waals surface area contributed by atoms with Crippen LogP contribution >= 0.6 is 0 Å². The second kappa shape index (κ2) is 30.0. The van der Waals surface area contributed by atoms with Crippen molar-refractivity contribution in [1.82, 2.24) is 0 Å². The van der Waals surface area contributed by atoms with Crippen LogP contribution in [0.25, 0.3) is 0 Å². The van der Waals surface area contributed by atoms with Gasteiger partial charge in [0, 0.05) is 37.5 Å². The van der Waals surface area contributed by atoms with Crippen LogP contribution < -0.4 is 0 Å². The van der Waals surface area contributed by atoms with E-state index in [-0.39, 0.29) is 77.7 Å². The van der Waals surface area contributed by atoms with Crippen LogP contribution in [0.3, 0.4) is 0 Å². The number of esters is 2. The number of rotatable bonds is 16. The summed E-state index contributed by atoms with van der Waals surface area (Å²) in [6.07, 6.45) is 6.45. The minimum Gasteiger partial charge on any atom is -0.455 e. The van der Waals surface area contributed by atoms with Crippen LogP contribution in [0.5, 0.6) is 0 Å². The maximum atomic E-state index is 13.3. The molecule has 19 heteroatoms. The molecule has 1 spiro atoms. The van der Waals surface area contributed by atoms with Gasteiger partial charge in [-0.3, -0.25) is 4.79 Å². The smallest absolute Gasteiger partial charge is 0.377 e. The lowest BCUT2D eigenvalue weighted by atomic mass is 9.51. The van der Waals surface area contributed by atoms with E-state index < -0.39 is 78.0 Å². The molecule has 15 rings (SSSR count). The molecule has 4 atom stereocenters. The van der Waals surface area contributed by atoms with E-state index in [2.05, 4.69) is 182 Å². The largest absolute Gasteiger partial charge is 0.455 e. The highest BCUT2D eigenvalue weighted by Gasteiger charge is 2.68. The number of ketones is 1. The van der Waals surface area contributed by atoms with Crippen LogP contribution in [0.15, 0.2) is 211 Å². The van der Waals surface area contributed by atoms with E-state index in [1.54, 1.807) is 0 Å². The fraction of sp³-hybridized carbons (Fsp3) is 0.458. The fourth-order valence-electron chi connectivity index (χ4n) is 14.1. The molecule has 1 heterocycles. The second-order valence-electron chi connectivity index (χ2n) is 25.7. The Labute approximate surface area is 535 Å². The molecule has 6 N–H and O–H groups in total. The number of hydrogen-bond acceptors (Lipinski definition) is 13. The van der Waals surface area contributed by atoms with Gasteiger partial charge in [-0.05, 0) is 149 Å². The summed E-state index contributed by atoms with van der Waals surface area (Å²) in [6, 6.07) is 64.3. The summed E-state index contributed by atoms with van der Waals surface area (Å²) >= 11 is 0.